The Balaban J connectivity index is 2.62. The van der Waals surface area contributed by atoms with Gasteiger partial charge in [0.2, 0.25) is 5.91 Å². The predicted molar refractivity (Wildman–Crippen MR) is 37.1 cm³/mol. The Kier molecular flexibility index (Phi) is 2.46. The van der Waals surface area contributed by atoms with Gasteiger partial charge < -0.3 is 10.4 Å². The van der Waals surface area contributed by atoms with E-state index < -0.39 is 31.0 Å². The van der Waals surface area contributed by atoms with Gasteiger partial charge in [-0.3, -0.25) is 9.69 Å². The molecule has 0 bridgehead atoms. The van der Waals surface area contributed by atoms with Crippen LogP contribution in [0.1, 0.15) is 0 Å². The molecule has 0 unspecified atom stereocenters. The number of alkyl halides is 2. The van der Waals surface area contributed by atoms with E-state index in [9.17, 15) is 18.4 Å². The summed E-state index contributed by atoms with van der Waals surface area (Å²) in [6, 6.07) is -0.849. The molecule has 5 nitrogen and oxygen atoms in total. The number of amides is 3. The first-order valence-electron chi connectivity index (χ1n) is 3.53. The van der Waals surface area contributed by atoms with E-state index in [1.54, 1.807) is 0 Å². The molecule has 13 heavy (non-hydrogen) atoms. The van der Waals surface area contributed by atoms with Crippen molar-refractivity contribution in [2.45, 2.75) is 5.92 Å². The predicted octanol–water partition coefficient (Wildman–Crippen LogP) is -0.834. The summed E-state index contributed by atoms with van der Waals surface area (Å²) in [5.41, 5.74) is 0. The first-order chi connectivity index (χ1) is 5.96. The van der Waals surface area contributed by atoms with E-state index in [-0.39, 0.29) is 6.54 Å². The van der Waals surface area contributed by atoms with Crippen molar-refractivity contribution >= 4 is 11.9 Å². The number of imide groups is 1. The highest BCUT2D eigenvalue weighted by Crippen LogP contribution is 2.15. The lowest BCUT2D eigenvalue weighted by Gasteiger charge is -2.18. The van der Waals surface area contributed by atoms with Crippen molar-refractivity contribution in [3.05, 3.63) is 0 Å². The summed E-state index contributed by atoms with van der Waals surface area (Å²) in [6.07, 6.45) is 0. The summed E-state index contributed by atoms with van der Waals surface area (Å²) in [4.78, 5) is 21.9. The molecule has 0 aliphatic carbocycles. The number of nitrogens with zero attached hydrogens (tertiary/aromatic N) is 1. The van der Waals surface area contributed by atoms with Gasteiger partial charge in [-0.05, 0) is 0 Å². The molecule has 0 atom stereocenters. The molecule has 0 radical (unpaired) electrons. The van der Waals surface area contributed by atoms with E-state index in [4.69, 9.17) is 5.11 Å². The van der Waals surface area contributed by atoms with Crippen LogP contribution in [-0.2, 0) is 4.79 Å². The molecular formula is C6H8F2N2O3. The molecule has 0 aromatic heterocycles. The third-order valence-corrected chi connectivity index (χ3v) is 1.56. The van der Waals surface area contributed by atoms with E-state index in [1.165, 1.54) is 0 Å². The zero-order valence-electron chi connectivity index (χ0n) is 6.59. The van der Waals surface area contributed by atoms with Gasteiger partial charge in [0, 0.05) is 0 Å². The van der Waals surface area contributed by atoms with Crippen molar-refractivity contribution in [3.8, 4) is 0 Å². The van der Waals surface area contributed by atoms with Crippen LogP contribution < -0.4 is 5.32 Å². The summed E-state index contributed by atoms with van der Waals surface area (Å²) >= 11 is 0. The highest BCUT2D eigenvalue weighted by atomic mass is 19.3. The molecule has 1 saturated heterocycles. The smallest absolute Gasteiger partial charge is 0.324 e. The molecule has 1 rings (SSSR count). The van der Waals surface area contributed by atoms with Crippen LogP contribution in [0.5, 0.6) is 0 Å². The number of aliphatic hydroxyl groups is 1. The Hall–Kier alpha value is -1.24. The fourth-order valence-corrected chi connectivity index (χ4v) is 0.897. The largest absolute Gasteiger partial charge is 0.390 e. The lowest BCUT2D eigenvalue weighted by Crippen LogP contribution is -2.42. The number of carbonyl (C=O) groups is 2. The Morgan fingerprint density at radius 3 is 2.54 bits per heavy atom. The third kappa shape index (κ3) is 2.11. The molecule has 0 aromatic carbocycles. The van der Waals surface area contributed by atoms with Crippen molar-refractivity contribution in [2.75, 3.05) is 19.7 Å². The maximum atomic E-state index is 12.5. The maximum absolute atomic E-state index is 12.5. The first kappa shape index (κ1) is 9.85. The van der Waals surface area contributed by atoms with Gasteiger partial charge in [-0.2, -0.15) is 0 Å². The van der Waals surface area contributed by atoms with Crippen LogP contribution >= 0.6 is 0 Å². The molecule has 0 aromatic rings. The van der Waals surface area contributed by atoms with E-state index in [1.807, 2.05) is 0 Å². The van der Waals surface area contributed by atoms with Gasteiger partial charge in [0.1, 0.15) is 6.61 Å². The van der Waals surface area contributed by atoms with Crippen LogP contribution in [0.3, 0.4) is 0 Å². The highest BCUT2D eigenvalue weighted by molar-refractivity contribution is 6.01. The molecule has 0 spiro atoms. The standard InChI is InChI=1S/C6H8F2N2O3/c7-6(8,3-11)2-10-4(12)1-9-5(10)13/h11H,1-3H2,(H,9,13). The number of halogens is 2. The van der Waals surface area contributed by atoms with Gasteiger partial charge >= 0.3 is 6.03 Å². The van der Waals surface area contributed by atoms with Gasteiger partial charge in [0.05, 0.1) is 13.1 Å². The number of hydrogen-bond acceptors (Lipinski definition) is 3. The molecule has 1 fully saturated rings. The van der Waals surface area contributed by atoms with E-state index in [0.717, 1.165) is 0 Å². The monoisotopic (exact) mass is 194 g/mol. The van der Waals surface area contributed by atoms with Gasteiger partial charge in [0.15, 0.2) is 0 Å². The number of urea groups is 1. The lowest BCUT2D eigenvalue weighted by atomic mass is 10.3. The first-order valence-corrected chi connectivity index (χ1v) is 3.53. The van der Waals surface area contributed by atoms with Crippen molar-refractivity contribution < 1.29 is 23.5 Å². The number of aliphatic hydroxyl groups excluding tert-OH is 1. The average molecular weight is 194 g/mol. The Bertz CT molecular complexity index is 228. The van der Waals surface area contributed by atoms with Crippen LogP contribution in [0.4, 0.5) is 13.6 Å². The van der Waals surface area contributed by atoms with Crippen molar-refractivity contribution in [1.29, 1.82) is 0 Å². The molecule has 1 aliphatic rings. The molecule has 1 heterocycles. The number of carbonyl (C=O) groups excluding carboxylic acids is 2. The van der Waals surface area contributed by atoms with Gasteiger partial charge in [-0.15, -0.1) is 0 Å². The molecule has 7 heteroatoms. The minimum atomic E-state index is -3.43. The number of rotatable bonds is 3. The zero-order valence-corrected chi connectivity index (χ0v) is 6.59. The van der Waals surface area contributed by atoms with Crippen molar-refractivity contribution in [1.82, 2.24) is 10.2 Å². The molecule has 0 saturated carbocycles. The van der Waals surface area contributed by atoms with E-state index >= 15 is 0 Å². The third-order valence-electron chi connectivity index (χ3n) is 1.56. The minimum absolute atomic E-state index is 0.264. The van der Waals surface area contributed by atoms with Crippen molar-refractivity contribution in [2.24, 2.45) is 0 Å². The van der Waals surface area contributed by atoms with E-state index in [0.29, 0.717) is 4.90 Å². The normalized spacial score (nSPS) is 17.9. The summed E-state index contributed by atoms with van der Waals surface area (Å²) in [6.45, 7) is -2.72. The molecule has 3 amide bonds. The number of nitrogens with one attached hydrogen (secondary N) is 1. The topological polar surface area (TPSA) is 69.6 Å². The summed E-state index contributed by atoms with van der Waals surface area (Å²) in [5.74, 6) is -4.14. The van der Waals surface area contributed by atoms with Crippen LogP contribution in [-0.4, -0.2) is 47.6 Å². The Morgan fingerprint density at radius 1 is 1.54 bits per heavy atom. The molecular weight excluding hydrogens is 186 g/mol. The highest BCUT2D eigenvalue weighted by Gasteiger charge is 2.38. The lowest BCUT2D eigenvalue weighted by molar-refractivity contribution is -0.130. The van der Waals surface area contributed by atoms with Crippen LogP contribution in [0.25, 0.3) is 0 Å². The zero-order chi connectivity index (χ0) is 10.1. The Labute approximate surface area is 72.3 Å². The summed E-state index contributed by atoms with van der Waals surface area (Å²) in [7, 11) is 0. The second-order valence-electron chi connectivity index (χ2n) is 2.65. The van der Waals surface area contributed by atoms with E-state index in [2.05, 4.69) is 5.32 Å². The quantitative estimate of drug-likeness (QED) is 0.576. The molecule has 74 valence electrons. The fraction of sp³-hybridized carbons (Fsp3) is 0.667. The Morgan fingerprint density at radius 2 is 2.15 bits per heavy atom. The van der Waals surface area contributed by atoms with Crippen molar-refractivity contribution in [3.63, 3.8) is 0 Å². The maximum Gasteiger partial charge on any atom is 0.324 e. The second-order valence-corrected chi connectivity index (χ2v) is 2.65. The van der Waals surface area contributed by atoms with Crippen LogP contribution in [0.15, 0.2) is 0 Å². The van der Waals surface area contributed by atoms with Gasteiger partial charge in [-0.25, -0.2) is 13.6 Å². The molecule has 2 N–H and O–H groups in total. The van der Waals surface area contributed by atoms with Crippen LogP contribution in [0.2, 0.25) is 0 Å². The summed E-state index contributed by atoms with van der Waals surface area (Å²) in [5, 5.41) is 10.3. The minimum Gasteiger partial charge on any atom is -0.390 e. The van der Waals surface area contributed by atoms with Gasteiger partial charge in [0.25, 0.3) is 5.92 Å². The second kappa shape index (κ2) is 3.25. The van der Waals surface area contributed by atoms with Gasteiger partial charge in [-0.1, -0.05) is 0 Å². The summed E-state index contributed by atoms with van der Waals surface area (Å²) < 4.78 is 25.1. The average Bonchev–Trinajstić information content (AvgIpc) is 2.36. The van der Waals surface area contributed by atoms with Crippen LogP contribution in [0, 0.1) is 0 Å². The fourth-order valence-electron chi connectivity index (χ4n) is 0.897. The molecule has 1 aliphatic heterocycles. The SMILES string of the molecule is O=C1CNC(=O)N1CC(F)(F)CO. The number of hydrogen-bond donors (Lipinski definition) is 2.